The average molecular weight is 188 g/mol. The minimum Gasteiger partial charge on any atom is -0.480 e. The van der Waals surface area contributed by atoms with Crippen LogP contribution in [0.5, 0.6) is 0 Å². The molecular formula is C5H11KNO2S. The van der Waals surface area contributed by atoms with Gasteiger partial charge in [-0.3, -0.25) is 4.79 Å². The topological polar surface area (TPSA) is 63.3 Å². The molecule has 0 rings (SSSR count). The standard InChI is InChI=1S/C5H11NO2S.K/c1-9-3-2-4(6)5(7)8;/h4H,2-3,6H2,1H3,(H,7,8);. The number of carboxylic acids is 1. The van der Waals surface area contributed by atoms with Gasteiger partial charge >= 0.3 is 5.97 Å². The first kappa shape index (κ1) is 14.0. The number of aliphatic carboxylic acids is 1. The first-order valence-corrected chi connectivity index (χ1v) is 4.05. The maximum absolute atomic E-state index is 10.1. The van der Waals surface area contributed by atoms with Crippen LogP contribution < -0.4 is 5.73 Å². The third-order valence-corrected chi connectivity index (χ3v) is 1.59. The van der Waals surface area contributed by atoms with Crippen molar-refractivity contribution in [2.75, 3.05) is 12.0 Å². The van der Waals surface area contributed by atoms with E-state index in [1.165, 1.54) is 0 Å². The van der Waals surface area contributed by atoms with Crippen LogP contribution in [0.15, 0.2) is 0 Å². The van der Waals surface area contributed by atoms with Crippen LogP contribution in [0.4, 0.5) is 0 Å². The van der Waals surface area contributed by atoms with Gasteiger partial charge in [0.15, 0.2) is 0 Å². The van der Waals surface area contributed by atoms with Gasteiger partial charge in [-0.15, -0.1) is 0 Å². The fourth-order valence-corrected chi connectivity index (χ4v) is 0.858. The molecule has 0 bridgehead atoms. The van der Waals surface area contributed by atoms with Crippen molar-refractivity contribution in [3.05, 3.63) is 0 Å². The summed E-state index contributed by atoms with van der Waals surface area (Å²) in [6.45, 7) is 0. The number of carboxylic acid groups (broad SMARTS) is 1. The Balaban J connectivity index is 0. The van der Waals surface area contributed by atoms with Crippen LogP contribution in [-0.4, -0.2) is 80.5 Å². The predicted octanol–water partition coefficient (Wildman–Crippen LogP) is -0.229. The Labute approximate surface area is 108 Å². The summed E-state index contributed by atoms with van der Waals surface area (Å²) in [4.78, 5) is 10.1. The minimum absolute atomic E-state index is 0. The molecule has 0 aromatic carbocycles. The van der Waals surface area contributed by atoms with E-state index < -0.39 is 12.0 Å². The molecule has 1 radical (unpaired) electrons. The summed E-state index contributed by atoms with van der Waals surface area (Å²) < 4.78 is 0. The summed E-state index contributed by atoms with van der Waals surface area (Å²) >= 11 is 1.60. The molecule has 10 heavy (non-hydrogen) atoms. The van der Waals surface area contributed by atoms with Crippen LogP contribution in [0.1, 0.15) is 6.42 Å². The number of thioether (sulfide) groups is 1. The maximum Gasteiger partial charge on any atom is 0.320 e. The molecule has 0 aromatic rings. The first-order chi connectivity index (χ1) is 4.18. The second-order valence-corrected chi connectivity index (χ2v) is 2.71. The maximum atomic E-state index is 10.1. The average Bonchev–Trinajstić information content (AvgIpc) is 1.82. The molecule has 0 spiro atoms. The molecule has 55 valence electrons. The molecule has 0 saturated heterocycles. The van der Waals surface area contributed by atoms with Crippen molar-refractivity contribution in [3.8, 4) is 0 Å². The van der Waals surface area contributed by atoms with Gasteiger partial charge in [0.05, 0.1) is 0 Å². The number of nitrogens with two attached hydrogens (primary N) is 1. The second-order valence-electron chi connectivity index (χ2n) is 1.73. The van der Waals surface area contributed by atoms with Gasteiger partial charge in [0.2, 0.25) is 0 Å². The Kier molecular flexibility index (Phi) is 11.9. The molecule has 0 aliphatic rings. The Hall–Kier alpha value is 1.42. The van der Waals surface area contributed by atoms with E-state index in [0.717, 1.165) is 5.75 Å². The van der Waals surface area contributed by atoms with Gasteiger partial charge in [-0.2, -0.15) is 11.8 Å². The predicted molar refractivity (Wildman–Crippen MR) is 44.4 cm³/mol. The fourth-order valence-electron chi connectivity index (χ4n) is 0.368. The van der Waals surface area contributed by atoms with Crippen LogP contribution in [0.2, 0.25) is 0 Å². The quantitative estimate of drug-likeness (QED) is 0.598. The Morgan fingerprint density at radius 3 is 2.60 bits per heavy atom. The van der Waals surface area contributed by atoms with Crippen molar-refractivity contribution in [1.29, 1.82) is 0 Å². The molecule has 0 aliphatic carbocycles. The molecule has 3 N–H and O–H groups in total. The Morgan fingerprint density at radius 1 is 1.80 bits per heavy atom. The normalized spacial score (nSPS) is 11.8. The van der Waals surface area contributed by atoms with Crippen LogP contribution in [0.3, 0.4) is 0 Å². The van der Waals surface area contributed by atoms with Gasteiger partial charge in [-0.05, 0) is 18.4 Å². The third kappa shape index (κ3) is 7.52. The van der Waals surface area contributed by atoms with Gasteiger partial charge in [-0.1, -0.05) is 0 Å². The van der Waals surface area contributed by atoms with Gasteiger partial charge in [0.25, 0.3) is 0 Å². The molecule has 0 fully saturated rings. The van der Waals surface area contributed by atoms with Crippen molar-refractivity contribution >= 4 is 69.1 Å². The van der Waals surface area contributed by atoms with Crippen LogP contribution in [0, 0.1) is 0 Å². The smallest absolute Gasteiger partial charge is 0.320 e. The fraction of sp³-hybridized carbons (Fsp3) is 0.800. The zero-order valence-electron chi connectivity index (χ0n) is 6.33. The molecule has 0 saturated carbocycles. The van der Waals surface area contributed by atoms with E-state index in [1.54, 1.807) is 11.8 Å². The van der Waals surface area contributed by atoms with E-state index in [9.17, 15) is 4.79 Å². The molecule has 1 atom stereocenters. The van der Waals surface area contributed by atoms with E-state index in [4.69, 9.17) is 10.8 Å². The summed E-state index contributed by atoms with van der Waals surface area (Å²) in [5, 5.41) is 8.27. The van der Waals surface area contributed by atoms with E-state index in [-0.39, 0.29) is 51.4 Å². The molecule has 0 aromatic heterocycles. The number of carbonyl (C=O) groups is 1. The number of hydrogen-bond donors (Lipinski definition) is 2. The molecule has 0 heterocycles. The minimum atomic E-state index is -0.913. The second kappa shape index (κ2) is 8.51. The molecule has 1 unspecified atom stereocenters. The van der Waals surface area contributed by atoms with E-state index in [1.807, 2.05) is 6.26 Å². The Morgan fingerprint density at radius 2 is 2.30 bits per heavy atom. The summed E-state index contributed by atoms with van der Waals surface area (Å²) in [7, 11) is 0. The zero-order valence-corrected chi connectivity index (χ0v) is 10.3. The van der Waals surface area contributed by atoms with Crippen LogP contribution in [0.25, 0.3) is 0 Å². The zero-order chi connectivity index (χ0) is 7.28. The van der Waals surface area contributed by atoms with Crippen molar-refractivity contribution in [2.45, 2.75) is 12.5 Å². The van der Waals surface area contributed by atoms with Gasteiger partial charge < -0.3 is 10.8 Å². The first-order valence-electron chi connectivity index (χ1n) is 2.65. The van der Waals surface area contributed by atoms with Gasteiger partial charge in [0.1, 0.15) is 6.04 Å². The number of rotatable bonds is 4. The van der Waals surface area contributed by atoms with Gasteiger partial charge in [0, 0.05) is 51.4 Å². The summed E-state index contributed by atoms with van der Waals surface area (Å²) in [5.74, 6) is -0.1000. The van der Waals surface area contributed by atoms with Crippen molar-refractivity contribution in [3.63, 3.8) is 0 Å². The third-order valence-electron chi connectivity index (χ3n) is 0.950. The van der Waals surface area contributed by atoms with Crippen molar-refractivity contribution in [1.82, 2.24) is 0 Å². The molecule has 0 amide bonds. The number of hydrogen-bond acceptors (Lipinski definition) is 3. The summed E-state index contributed by atoms with van der Waals surface area (Å²) in [6.07, 6.45) is 2.48. The monoisotopic (exact) mass is 188 g/mol. The van der Waals surface area contributed by atoms with Crippen molar-refractivity contribution in [2.24, 2.45) is 5.73 Å². The van der Waals surface area contributed by atoms with Crippen molar-refractivity contribution < 1.29 is 9.90 Å². The van der Waals surface area contributed by atoms with E-state index in [2.05, 4.69) is 0 Å². The van der Waals surface area contributed by atoms with E-state index in [0.29, 0.717) is 6.42 Å². The summed E-state index contributed by atoms with van der Waals surface area (Å²) in [5.41, 5.74) is 5.19. The largest absolute Gasteiger partial charge is 0.480 e. The molecular weight excluding hydrogens is 177 g/mol. The Bertz CT molecular complexity index is 102. The molecule has 3 nitrogen and oxygen atoms in total. The van der Waals surface area contributed by atoms with Crippen LogP contribution in [-0.2, 0) is 4.79 Å². The molecule has 0 aliphatic heterocycles. The summed E-state index contributed by atoms with van der Waals surface area (Å²) in [6, 6.07) is -0.683. The van der Waals surface area contributed by atoms with Crippen LogP contribution >= 0.6 is 11.8 Å². The van der Waals surface area contributed by atoms with E-state index >= 15 is 0 Å². The SMILES string of the molecule is CSCCC(N)C(=O)O.[K]. The van der Waals surface area contributed by atoms with Gasteiger partial charge in [-0.25, -0.2) is 0 Å². The molecule has 5 heteroatoms.